The Morgan fingerprint density at radius 1 is 1.35 bits per heavy atom. The predicted molar refractivity (Wildman–Crippen MR) is 99.7 cm³/mol. The molecule has 0 radical (unpaired) electrons. The van der Waals surface area contributed by atoms with Gasteiger partial charge >= 0.3 is 0 Å². The van der Waals surface area contributed by atoms with E-state index in [1.807, 2.05) is 41.8 Å². The minimum atomic E-state index is -0.247. The molecule has 2 aromatic heterocycles. The number of aromatic amines is 1. The fourth-order valence-corrected chi connectivity index (χ4v) is 4.19. The number of aromatic nitrogens is 2. The van der Waals surface area contributed by atoms with Crippen molar-refractivity contribution in [1.82, 2.24) is 15.3 Å². The molecule has 0 spiro atoms. The van der Waals surface area contributed by atoms with Crippen LogP contribution >= 0.6 is 11.3 Å². The number of aliphatic hydroxyl groups excluding tert-OH is 1. The number of para-hydroxylation sites is 2. The van der Waals surface area contributed by atoms with Gasteiger partial charge in [0.15, 0.2) is 0 Å². The van der Waals surface area contributed by atoms with Gasteiger partial charge in [0.2, 0.25) is 5.91 Å². The number of nitrogens with zero attached hydrogens (tertiary/aromatic N) is 1. The van der Waals surface area contributed by atoms with Gasteiger partial charge in [0.25, 0.3) is 0 Å². The Bertz CT molecular complexity index is 838. The summed E-state index contributed by atoms with van der Waals surface area (Å²) in [7, 11) is 0. The lowest BCUT2D eigenvalue weighted by Gasteiger charge is -2.37. The number of ether oxygens (including phenoxy) is 1. The quantitative estimate of drug-likeness (QED) is 0.596. The van der Waals surface area contributed by atoms with E-state index in [1.165, 1.54) is 0 Å². The number of hydrogen-bond donors (Lipinski definition) is 3. The van der Waals surface area contributed by atoms with Crippen molar-refractivity contribution in [2.75, 3.05) is 6.61 Å². The lowest BCUT2D eigenvalue weighted by Crippen LogP contribution is -2.42. The van der Waals surface area contributed by atoms with Crippen LogP contribution in [0, 0.1) is 5.92 Å². The molecular formula is C19H21N3O3S. The summed E-state index contributed by atoms with van der Waals surface area (Å²) in [5.41, 5.74) is 1.84. The number of carbonyl (C=O) groups is 1. The maximum atomic E-state index is 12.3. The van der Waals surface area contributed by atoms with E-state index in [0.717, 1.165) is 28.8 Å². The first kappa shape index (κ1) is 17.2. The van der Waals surface area contributed by atoms with E-state index >= 15 is 0 Å². The van der Waals surface area contributed by atoms with Gasteiger partial charge in [-0.2, -0.15) is 0 Å². The molecule has 1 amide bonds. The summed E-state index contributed by atoms with van der Waals surface area (Å²) in [6.07, 6.45) is 1.20. The molecule has 1 saturated carbocycles. The molecule has 0 bridgehead atoms. The summed E-state index contributed by atoms with van der Waals surface area (Å²) in [6, 6.07) is 11.7. The number of thiophene rings is 1. The SMILES string of the molecule is O=C(COCc1nc2ccccc2[nH]1)N[C@@H](c1cccs1)C1CC(O)C1. The molecule has 1 aromatic carbocycles. The van der Waals surface area contributed by atoms with Crippen LogP contribution in [0.25, 0.3) is 11.0 Å². The molecule has 4 rings (SSSR count). The van der Waals surface area contributed by atoms with Gasteiger partial charge in [-0.3, -0.25) is 4.79 Å². The second-order valence-corrected chi connectivity index (χ2v) is 7.62. The molecule has 0 aliphatic heterocycles. The average molecular weight is 371 g/mol. The van der Waals surface area contributed by atoms with E-state index in [-0.39, 0.29) is 37.2 Å². The van der Waals surface area contributed by atoms with Crippen molar-refractivity contribution in [3.05, 3.63) is 52.5 Å². The van der Waals surface area contributed by atoms with Crippen LogP contribution in [0.5, 0.6) is 0 Å². The number of imidazole rings is 1. The molecule has 7 heteroatoms. The first-order valence-corrected chi connectivity index (χ1v) is 9.59. The summed E-state index contributed by atoms with van der Waals surface area (Å²) in [4.78, 5) is 21.0. The lowest BCUT2D eigenvalue weighted by atomic mass is 9.77. The Morgan fingerprint density at radius 2 is 2.19 bits per heavy atom. The smallest absolute Gasteiger partial charge is 0.246 e. The van der Waals surface area contributed by atoms with Crippen molar-refractivity contribution in [3.8, 4) is 0 Å². The molecule has 1 aliphatic rings. The molecule has 136 valence electrons. The van der Waals surface area contributed by atoms with E-state index in [9.17, 15) is 9.90 Å². The minimum absolute atomic E-state index is 0.0196. The predicted octanol–water partition coefficient (Wildman–Crippen LogP) is 2.77. The van der Waals surface area contributed by atoms with E-state index in [2.05, 4.69) is 15.3 Å². The molecule has 6 nitrogen and oxygen atoms in total. The highest BCUT2D eigenvalue weighted by Gasteiger charge is 2.36. The van der Waals surface area contributed by atoms with Crippen LogP contribution in [0.3, 0.4) is 0 Å². The van der Waals surface area contributed by atoms with Gasteiger partial charge in [-0.1, -0.05) is 18.2 Å². The highest BCUT2D eigenvalue weighted by molar-refractivity contribution is 7.10. The third kappa shape index (κ3) is 3.80. The molecule has 3 aromatic rings. The normalized spacial score (nSPS) is 20.7. The van der Waals surface area contributed by atoms with Gasteiger partial charge in [0.1, 0.15) is 19.0 Å². The average Bonchev–Trinajstić information content (AvgIpc) is 3.26. The van der Waals surface area contributed by atoms with Crippen LogP contribution in [0.2, 0.25) is 0 Å². The monoisotopic (exact) mass is 371 g/mol. The van der Waals surface area contributed by atoms with Crippen LogP contribution in [0.4, 0.5) is 0 Å². The van der Waals surface area contributed by atoms with E-state index in [0.29, 0.717) is 5.82 Å². The van der Waals surface area contributed by atoms with Crippen LogP contribution < -0.4 is 5.32 Å². The van der Waals surface area contributed by atoms with Crippen molar-refractivity contribution in [2.24, 2.45) is 5.92 Å². The summed E-state index contributed by atoms with van der Waals surface area (Å²) in [6.45, 7) is 0.238. The maximum Gasteiger partial charge on any atom is 0.246 e. The van der Waals surface area contributed by atoms with Gasteiger partial charge in [-0.25, -0.2) is 4.98 Å². The third-order valence-corrected chi connectivity index (χ3v) is 5.65. The van der Waals surface area contributed by atoms with Crippen LogP contribution in [0.15, 0.2) is 41.8 Å². The topological polar surface area (TPSA) is 87.2 Å². The molecule has 0 unspecified atom stereocenters. The number of nitrogens with one attached hydrogen (secondary N) is 2. The van der Waals surface area contributed by atoms with Gasteiger partial charge in [-0.05, 0) is 42.3 Å². The molecule has 1 aliphatic carbocycles. The van der Waals surface area contributed by atoms with Crippen LogP contribution in [-0.4, -0.2) is 33.7 Å². The van der Waals surface area contributed by atoms with Crippen molar-refractivity contribution >= 4 is 28.3 Å². The zero-order valence-electron chi connectivity index (χ0n) is 14.2. The second kappa shape index (κ2) is 7.57. The fraction of sp³-hybridized carbons (Fsp3) is 0.368. The summed E-state index contributed by atoms with van der Waals surface area (Å²) in [5.74, 6) is 0.833. The van der Waals surface area contributed by atoms with Crippen molar-refractivity contribution in [3.63, 3.8) is 0 Å². The first-order chi connectivity index (χ1) is 12.7. The zero-order valence-corrected chi connectivity index (χ0v) is 15.0. The first-order valence-electron chi connectivity index (χ1n) is 8.71. The van der Waals surface area contributed by atoms with Gasteiger partial charge in [0, 0.05) is 4.88 Å². The number of hydrogen-bond acceptors (Lipinski definition) is 5. The van der Waals surface area contributed by atoms with E-state index in [1.54, 1.807) is 11.3 Å². The Labute approximate surface area is 155 Å². The highest BCUT2D eigenvalue weighted by Crippen LogP contribution is 2.39. The lowest BCUT2D eigenvalue weighted by molar-refractivity contribution is -0.128. The summed E-state index contributed by atoms with van der Waals surface area (Å²) < 4.78 is 5.53. The Balaban J connectivity index is 1.31. The largest absolute Gasteiger partial charge is 0.393 e. The number of carbonyl (C=O) groups excluding carboxylic acids is 1. The van der Waals surface area contributed by atoms with E-state index < -0.39 is 0 Å². The summed E-state index contributed by atoms with van der Waals surface area (Å²) in [5, 5.41) is 14.6. The number of H-pyrrole nitrogens is 1. The number of fused-ring (bicyclic) bond motifs is 1. The third-order valence-electron chi connectivity index (χ3n) is 4.70. The number of benzene rings is 1. The van der Waals surface area contributed by atoms with Crippen molar-refractivity contribution in [1.29, 1.82) is 0 Å². The summed E-state index contributed by atoms with van der Waals surface area (Å²) >= 11 is 1.62. The molecule has 1 atom stereocenters. The fourth-order valence-electron chi connectivity index (χ4n) is 3.32. The maximum absolute atomic E-state index is 12.3. The van der Waals surface area contributed by atoms with Crippen LogP contribution in [0.1, 0.15) is 29.6 Å². The Morgan fingerprint density at radius 3 is 2.92 bits per heavy atom. The van der Waals surface area contributed by atoms with Crippen molar-refractivity contribution in [2.45, 2.75) is 31.6 Å². The number of amides is 1. The van der Waals surface area contributed by atoms with Gasteiger partial charge in [-0.15, -0.1) is 11.3 Å². The van der Waals surface area contributed by atoms with Gasteiger partial charge < -0.3 is 20.1 Å². The minimum Gasteiger partial charge on any atom is -0.393 e. The Hall–Kier alpha value is -2.22. The zero-order chi connectivity index (χ0) is 17.9. The molecule has 2 heterocycles. The van der Waals surface area contributed by atoms with E-state index in [4.69, 9.17) is 4.74 Å². The molecular weight excluding hydrogens is 350 g/mol. The van der Waals surface area contributed by atoms with Crippen molar-refractivity contribution < 1.29 is 14.6 Å². The number of rotatable bonds is 7. The molecule has 3 N–H and O–H groups in total. The number of aliphatic hydroxyl groups is 1. The standard InChI is InChI=1S/C19H21N3O3S/c23-13-8-12(9-13)19(16-6-3-7-26-16)22-18(24)11-25-10-17-20-14-4-1-2-5-15(14)21-17/h1-7,12-13,19,23H,8-11H2,(H,20,21)(H,22,24)/t12?,13?,19-/m1/s1. The molecule has 26 heavy (non-hydrogen) atoms. The molecule has 0 saturated heterocycles. The highest BCUT2D eigenvalue weighted by atomic mass is 32.1. The second-order valence-electron chi connectivity index (χ2n) is 6.64. The van der Waals surface area contributed by atoms with Crippen LogP contribution in [-0.2, 0) is 16.1 Å². The molecule has 1 fully saturated rings. The van der Waals surface area contributed by atoms with Gasteiger partial charge in [0.05, 0.1) is 23.2 Å². The Kier molecular flexibility index (Phi) is 5.01.